The zero-order valence-corrected chi connectivity index (χ0v) is 6.86. The van der Waals surface area contributed by atoms with Gasteiger partial charge in [0.05, 0.1) is 0 Å². The Labute approximate surface area is 58.0 Å². The molecule has 0 aliphatic heterocycles. The zero-order valence-electron chi connectivity index (χ0n) is 6.86. The Bertz CT molecular complexity index is 61.9. The molecule has 0 saturated carbocycles. The Morgan fingerprint density at radius 2 is 1.78 bits per heavy atom. The van der Waals surface area contributed by atoms with Crippen molar-refractivity contribution in [3.63, 3.8) is 0 Å². The van der Waals surface area contributed by atoms with Crippen molar-refractivity contribution in [1.29, 1.82) is 0 Å². The lowest BCUT2D eigenvalue weighted by Crippen LogP contribution is -2.33. The minimum absolute atomic E-state index is 0.748. The van der Waals surface area contributed by atoms with Gasteiger partial charge in [-0.1, -0.05) is 20.8 Å². The molecule has 0 aromatic carbocycles. The highest BCUT2D eigenvalue weighted by atomic mass is 15.3. The second kappa shape index (κ2) is 4.77. The first-order chi connectivity index (χ1) is 4.18. The van der Waals surface area contributed by atoms with Gasteiger partial charge in [0.1, 0.15) is 0 Å². The number of hydrazine groups is 1. The molecular formula is C7H18N2. The summed E-state index contributed by atoms with van der Waals surface area (Å²) in [6, 6.07) is 0. The Kier molecular flexibility index (Phi) is 4.72. The van der Waals surface area contributed by atoms with Crippen molar-refractivity contribution in [2.75, 3.05) is 13.6 Å². The van der Waals surface area contributed by atoms with Crippen LogP contribution in [-0.2, 0) is 0 Å². The third kappa shape index (κ3) is 4.43. The fourth-order valence-electron chi connectivity index (χ4n) is 0.499. The van der Waals surface area contributed by atoms with Crippen molar-refractivity contribution >= 4 is 0 Å². The smallest absolute Gasteiger partial charge is 0.0128 e. The summed E-state index contributed by atoms with van der Waals surface area (Å²) in [5.74, 6) is 1.52. The van der Waals surface area contributed by atoms with Crippen molar-refractivity contribution in [3.05, 3.63) is 0 Å². The van der Waals surface area contributed by atoms with E-state index in [1.165, 1.54) is 0 Å². The molecule has 0 amide bonds. The van der Waals surface area contributed by atoms with Gasteiger partial charge < -0.3 is 0 Å². The van der Waals surface area contributed by atoms with Crippen LogP contribution in [0.1, 0.15) is 20.8 Å². The first kappa shape index (κ1) is 8.92. The van der Waals surface area contributed by atoms with E-state index in [0.29, 0.717) is 0 Å². The topological polar surface area (TPSA) is 24.1 Å². The van der Waals surface area contributed by atoms with E-state index in [1.54, 1.807) is 0 Å². The Hall–Kier alpha value is -0.0800. The van der Waals surface area contributed by atoms with Gasteiger partial charge in [-0.15, -0.1) is 0 Å². The zero-order chi connectivity index (χ0) is 7.28. The lowest BCUT2D eigenvalue weighted by Gasteiger charge is -2.14. The van der Waals surface area contributed by atoms with E-state index in [4.69, 9.17) is 0 Å². The van der Waals surface area contributed by atoms with E-state index in [2.05, 4.69) is 31.6 Å². The lowest BCUT2D eigenvalue weighted by molar-refractivity contribution is 0.377. The van der Waals surface area contributed by atoms with Gasteiger partial charge in [0.2, 0.25) is 0 Å². The number of hydrogen-bond donors (Lipinski definition) is 2. The van der Waals surface area contributed by atoms with Gasteiger partial charge in [-0.3, -0.25) is 10.9 Å². The molecule has 1 atom stereocenters. The highest BCUT2D eigenvalue weighted by Crippen LogP contribution is 2.06. The van der Waals surface area contributed by atoms with Crippen LogP contribution in [0.15, 0.2) is 0 Å². The molecule has 0 saturated heterocycles. The second-order valence-corrected chi connectivity index (χ2v) is 2.85. The summed E-state index contributed by atoms with van der Waals surface area (Å²) >= 11 is 0. The molecule has 2 heteroatoms. The molecule has 0 aliphatic rings. The molecule has 56 valence electrons. The molecule has 1 unspecified atom stereocenters. The van der Waals surface area contributed by atoms with Crippen LogP contribution in [-0.4, -0.2) is 13.6 Å². The lowest BCUT2D eigenvalue weighted by atomic mass is 9.99. The minimum atomic E-state index is 0.748. The first-order valence-electron chi connectivity index (χ1n) is 3.58. The molecule has 0 bridgehead atoms. The maximum atomic E-state index is 3.08. The largest absolute Gasteiger partial charge is 0.261 e. The van der Waals surface area contributed by atoms with Gasteiger partial charge in [-0.05, 0) is 18.9 Å². The molecule has 2 N–H and O–H groups in total. The molecule has 0 aliphatic carbocycles. The SMILES string of the molecule is CNNCC(C)C(C)C. The van der Waals surface area contributed by atoms with E-state index in [1.807, 2.05) is 7.05 Å². The van der Waals surface area contributed by atoms with Crippen molar-refractivity contribution in [2.45, 2.75) is 20.8 Å². The van der Waals surface area contributed by atoms with Gasteiger partial charge in [0.15, 0.2) is 0 Å². The van der Waals surface area contributed by atoms with E-state index in [0.717, 1.165) is 18.4 Å². The summed E-state index contributed by atoms with van der Waals surface area (Å²) in [6.45, 7) is 7.77. The normalized spacial score (nSPS) is 14.3. The summed E-state index contributed by atoms with van der Waals surface area (Å²) in [5, 5.41) is 0. The van der Waals surface area contributed by atoms with Crippen LogP contribution in [0.2, 0.25) is 0 Å². The molecular weight excluding hydrogens is 112 g/mol. The van der Waals surface area contributed by atoms with E-state index < -0.39 is 0 Å². The van der Waals surface area contributed by atoms with Crippen LogP contribution >= 0.6 is 0 Å². The first-order valence-corrected chi connectivity index (χ1v) is 3.58. The molecule has 9 heavy (non-hydrogen) atoms. The van der Waals surface area contributed by atoms with Gasteiger partial charge in [0.25, 0.3) is 0 Å². The van der Waals surface area contributed by atoms with Crippen LogP contribution < -0.4 is 10.9 Å². The molecule has 2 nitrogen and oxygen atoms in total. The molecule has 0 spiro atoms. The molecule has 0 heterocycles. The highest BCUT2D eigenvalue weighted by Gasteiger charge is 2.04. The van der Waals surface area contributed by atoms with Crippen LogP contribution in [0.4, 0.5) is 0 Å². The third-order valence-electron chi connectivity index (χ3n) is 1.74. The summed E-state index contributed by atoms with van der Waals surface area (Å²) in [6.07, 6.45) is 0. The molecule has 0 aromatic rings. The number of rotatable bonds is 4. The van der Waals surface area contributed by atoms with Crippen molar-refractivity contribution in [3.8, 4) is 0 Å². The average molecular weight is 130 g/mol. The summed E-state index contributed by atoms with van der Waals surface area (Å²) in [4.78, 5) is 0. The second-order valence-electron chi connectivity index (χ2n) is 2.85. The average Bonchev–Trinajstić information content (AvgIpc) is 1.82. The predicted octanol–water partition coefficient (Wildman–Crippen LogP) is 1.00. The molecule has 0 rings (SSSR count). The van der Waals surface area contributed by atoms with Crippen molar-refractivity contribution in [2.24, 2.45) is 11.8 Å². The predicted molar refractivity (Wildman–Crippen MR) is 41.1 cm³/mol. The van der Waals surface area contributed by atoms with Crippen LogP contribution in [0.25, 0.3) is 0 Å². The summed E-state index contributed by atoms with van der Waals surface area (Å²) in [5.41, 5.74) is 5.98. The Morgan fingerprint density at radius 3 is 2.11 bits per heavy atom. The van der Waals surface area contributed by atoms with Crippen LogP contribution in [0.3, 0.4) is 0 Å². The van der Waals surface area contributed by atoms with Gasteiger partial charge >= 0.3 is 0 Å². The minimum Gasteiger partial charge on any atom is -0.261 e. The quantitative estimate of drug-likeness (QED) is 0.555. The molecule has 0 fully saturated rings. The standard InChI is InChI=1S/C7H18N2/c1-6(2)7(3)5-9-8-4/h6-9H,5H2,1-4H3. The molecule has 0 aromatic heterocycles. The summed E-state index contributed by atoms with van der Waals surface area (Å²) in [7, 11) is 1.90. The maximum absolute atomic E-state index is 3.08. The number of hydrogen-bond acceptors (Lipinski definition) is 2. The summed E-state index contributed by atoms with van der Waals surface area (Å²) < 4.78 is 0. The fraction of sp³-hybridized carbons (Fsp3) is 1.00. The van der Waals surface area contributed by atoms with Gasteiger partial charge in [0, 0.05) is 6.54 Å². The Morgan fingerprint density at radius 1 is 1.22 bits per heavy atom. The highest BCUT2D eigenvalue weighted by molar-refractivity contribution is 4.57. The Balaban J connectivity index is 3.16. The number of nitrogens with one attached hydrogen (secondary N) is 2. The van der Waals surface area contributed by atoms with Crippen molar-refractivity contribution < 1.29 is 0 Å². The van der Waals surface area contributed by atoms with Crippen LogP contribution in [0, 0.1) is 11.8 Å². The van der Waals surface area contributed by atoms with E-state index >= 15 is 0 Å². The maximum Gasteiger partial charge on any atom is 0.0128 e. The fourth-order valence-corrected chi connectivity index (χ4v) is 0.499. The monoisotopic (exact) mass is 130 g/mol. The van der Waals surface area contributed by atoms with Gasteiger partial charge in [-0.2, -0.15) is 0 Å². The molecule has 0 radical (unpaired) electrons. The van der Waals surface area contributed by atoms with Gasteiger partial charge in [-0.25, -0.2) is 0 Å². The van der Waals surface area contributed by atoms with E-state index in [-0.39, 0.29) is 0 Å². The third-order valence-corrected chi connectivity index (χ3v) is 1.74. The van der Waals surface area contributed by atoms with Crippen LogP contribution in [0.5, 0.6) is 0 Å². The van der Waals surface area contributed by atoms with E-state index in [9.17, 15) is 0 Å². The van der Waals surface area contributed by atoms with Crippen molar-refractivity contribution in [1.82, 2.24) is 10.9 Å².